The number of thioether (sulfide) groups is 2. The second-order valence-corrected chi connectivity index (χ2v) is 12.4. The van der Waals surface area contributed by atoms with E-state index < -0.39 is 0 Å². The van der Waals surface area contributed by atoms with Crippen molar-refractivity contribution in [2.45, 2.75) is 55.4 Å². The fourth-order valence-electron chi connectivity index (χ4n) is 5.50. The van der Waals surface area contributed by atoms with Gasteiger partial charge in [-0.25, -0.2) is 0 Å². The number of hydrogen-bond donors (Lipinski definition) is 2. The predicted molar refractivity (Wildman–Crippen MR) is 113 cm³/mol. The third-order valence-corrected chi connectivity index (χ3v) is 12.0. The highest BCUT2D eigenvalue weighted by atomic mass is 32.2. The van der Waals surface area contributed by atoms with E-state index in [-0.39, 0.29) is 17.7 Å². The Hall–Kier alpha value is -0.660. The zero-order valence-electron chi connectivity index (χ0n) is 15.4. The SMILES string of the molecule is O=C(NNC(=O)C1C[C@H]2CC[C@@H](C1)C21SCCS1)c1cc2c(s1)CCCC2. The van der Waals surface area contributed by atoms with Crippen molar-refractivity contribution in [2.24, 2.45) is 17.8 Å². The zero-order chi connectivity index (χ0) is 18.4. The topological polar surface area (TPSA) is 58.2 Å². The summed E-state index contributed by atoms with van der Waals surface area (Å²) in [4.78, 5) is 27.3. The number of thiophene rings is 1. The minimum atomic E-state index is -0.167. The molecule has 1 unspecified atom stereocenters. The Kier molecular flexibility index (Phi) is 4.97. The maximum Gasteiger partial charge on any atom is 0.279 e. The van der Waals surface area contributed by atoms with Gasteiger partial charge in [0.1, 0.15) is 0 Å². The van der Waals surface area contributed by atoms with Crippen molar-refractivity contribution in [3.05, 3.63) is 21.4 Å². The largest absolute Gasteiger partial charge is 0.279 e. The van der Waals surface area contributed by atoms with E-state index in [9.17, 15) is 9.59 Å². The first kappa shape index (κ1) is 18.4. The van der Waals surface area contributed by atoms with E-state index in [1.807, 2.05) is 6.07 Å². The molecule has 1 aromatic rings. The molecule has 3 atom stereocenters. The second kappa shape index (κ2) is 7.30. The maximum absolute atomic E-state index is 12.7. The molecular formula is C20H26N2O2S3. The molecule has 2 bridgehead atoms. The van der Waals surface area contributed by atoms with Gasteiger partial charge in [0.25, 0.3) is 5.91 Å². The summed E-state index contributed by atoms with van der Waals surface area (Å²) in [6.07, 6.45) is 9.08. The molecule has 0 radical (unpaired) electrons. The Labute approximate surface area is 173 Å². The molecule has 3 fully saturated rings. The maximum atomic E-state index is 12.7. The van der Waals surface area contributed by atoms with E-state index in [4.69, 9.17) is 0 Å². The van der Waals surface area contributed by atoms with Crippen LogP contribution in [0.5, 0.6) is 0 Å². The summed E-state index contributed by atoms with van der Waals surface area (Å²) in [5.74, 6) is 3.72. The van der Waals surface area contributed by atoms with Gasteiger partial charge in [-0.3, -0.25) is 20.4 Å². The number of hydrazine groups is 1. The van der Waals surface area contributed by atoms with Crippen LogP contribution in [0.3, 0.4) is 0 Å². The van der Waals surface area contributed by atoms with Crippen molar-refractivity contribution in [2.75, 3.05) is 11.5 Å². The Balaban J connectivity index is 1.18. The molecule has 146 valence electrons. The monoisotopic (exact) mass is 422 g/mol. The van der Waals surface area contributed by atoms with Gasteiger partial charge < -0.3 is 0 Å². The molecule has 3 aliphatic carbocycles. The quantitative estimate of drug-likeness (QED) is 0.708. The van der Waals surface area contributed by atoms with E-state index in [0.717, 1.165) is 30.6 Å². The Morgan fingerprint density at radius 2 is 1.70 bits per heavy atom. The number of fused-ring (bicyclic) bond motifs is 1. The smallest absolute Gasteiger partial charge is 0.273 e. The van der Waals surface area contributed by atoms with Crippen LogP contribution in [0.4, 0.5) is 0 Å². The molecule has 5 rings (SSSR count). The molecule has 7 heteroatoms. The van der Waals surface area contributed by atoms with Crippen molar-refractivity contribution in [1.82, 2.24) is 10.9 Å². The molecule has 4 aliphatic rings. The minimum Gasteiger partial charge on any atom is -0.273 e. The molecule has 4 nitrogen and oxygen atoms in total. The van der Waals surface area contributed by atoms with Crippen LogP contribution in [0.2, 0.25) is 0 Å². The van der Waals surface area contributed by atoms with Crippen molar-refractivity contribution < 1.29 is 9.59 Å². The van der Waals surface area contributed by atoms with E-state index >= 15 is 0 Å². The van der Waals surface area contributed by atoms with Gasteiger partial charge in [-0.1, -0.05) is 0 Å². The molecule has 27 heavy (non-hydrogen) atoms. The highest BCUT2D eigenvalue weighted by molar-refractivity contribution is 8.21. The molecule has 1 aliphatic heterocycles. The fraction of sp³-hybridized carbons (Fsp3) is 0.700. The molecule has 2 heterocycles. The van der Waals surface area contributed by atoms with Gasteiger partial charge in [0.15, 0.2) is 0 Å². The first-order valence-electron chi connectivity index (χ1n) is 10.2. The number of rotatable bonds is 2. The first-order chi connectivity index (χ1) is 13.2. The second-order valence-electron chi connectivity index (χ2n) is 8.27. The summed E-state index contributed by atoms with van der Waals surface area (Å²) in [7, 11) is 0. The highest BCUT2D eigenvalue weighted by Gasteiger charge is 2.57. The normalized spacial score (nSPS) is 30.9. The van der Waals surface area contributed by atoms with Crippen LogP contribution in [-0.4, -0.2) is 27.4 Å². The predicted octanol–water partition coefficient (Wildman–Crippen LogP) is 4.00. The van der Waals surface area contributed by atoms with Crippen LogP contribution in [0.15, 0.2) is 6.07 Å². The van der Waals surface area contributed by atoms with Crippen molar-refractivity contribution in [1.29, 1.82) is 0 Å². The zero-order valence-corrected chi connectivity index (χ0v) is 17.9. The van der Waals surface area contributed by atoms with Crippen LogP contribution < -0.4 is 10.9 Å². The molecular weight excluding hydrogens is 396 g/mol. The summed E-state index contributed by atoms with van der Waals surface area (Å²) in [5.41, 5.74) is 6.73. The van der Waals surface area contributed by atoms with E-state index in [1.165, 1.54) is 47.6 Å². The lowest BCUT2D eigenvalue weighted by atomic mass is 9.79. The molecule has 1 saturated heterocycles. The van der Waals surface area contributed by atoms with Gasteiger partial charge in [0, 0.05) is 22.3 Å². The number of carbonyl (C=O) groups is 2. The minimum absolute atomic E-state index is 0.00409. The highest BCUT2D eigenvalue weighted by Crippen LogP contribution is 2.65. The number of aryl methyl sites for hydroxylation is 2. The van der Waals surface area contributed by atoms with E-state index in [1.54, 1.807) is 11.3 Å². The summed E-state index contributed by atoms with van der Waals surface area (Å²) in [6, 6.07) is 2.01. The molecule has 0 aromatic carbocycles. The van der Waals surface area contributed by atoms with Gasteiger partial charge >= 0.3 is 0 Å². The average molecular weight is 423 g/mol. The lowest BCUT2D eigenvalue weighted by Gasteiger charge is -2.42. The lowest BCUT2D eigenvalue weighted by Crippen LogP contribution is -2.48. The number of hydrogen-bond acceptors (Lipinski definition) is 5. The number of nitrogens with one attached hydrogen (secondary N) is 2. The third-order valence-electron chi connectivity index (χ3n) is 6.77. The van der Waals surface area contributed by atoms with Crippen molar-refractivity contribution in [3.8, 4) is 0 Å². The Bertz CT molecular complexity index is 717. The standard InChI is InChI=1S/C20H26N2O2S3/c23-18(13-9-14-5-6-15(10-13)20(14)25-7-8-26-20)21-22-19(24)17-11-12-3-1-2-4-16(12)27-17/h11,13-15H,1-10H2,(H,21,23)(H,22,24)/t13?,14-,15+. The van der Waals surface area contributed by atoms with Gasteiger partial charge in [0.05, 0.1) is 8.96 Å². The average Bonchev–Trinajstić information content (AvgIpc) is 3.37. The first-order valence-corrected chi connectivity index (χ1v) is 12.9. The van der Waals surface area contributed by atoms with E-state index in [2.05, 4.69) is 34.4 Å². The van der Waals surface area contributed by atoms with Gasteiger partial charge in [-0.2, -0.15) is 0 Å². The van der Waals surface area contributed by atoms with Gasteiger partial charge in [-0.05, 0) is 74.8 Å². The van der Waals surface area contributed by atoms with Crippen molar-refractivity contribution >= 4 is 46.7 Å². The summed E-state index contributed by atoms with van der Waals surface area (Å²) < 4.78 is 0.399. The molecule has 2 amide bonds. The summed E-state index contributed by atoms with van der Waals surface area (Å²) in [5, 5.41) is 0. The van der Waals surface area contributed by atoms with Crippen LogP contribution >= 0.6 is 34.9 Å². The van der Waals surface area contributed by atoms with Gasteiger partial charge in [0.2, 0.25) is 5.91 Å². The molecule has 1 aromatic heterocycles. The van der Waals surface area contributed by atoms with Crippen LogP contribution in [0.1, 0.15) is 58.6 Å². The van der Waals surface area contributed by atoms with Crippen LogP contribution in [0, 0.1) is 17.8 Å². The number of amides is 2. The lowest BCUT2D eigenvalue weighted by molar-refractivity contribution is -0.127. The van der Waals surface area contributed by atoms with Crippen LogP contribution in [-0.2, 0) is 17.6 Å². The fourth-order valence-corrected chi connectivity index (χ4v) is 10.6. The molecule has 2 saturated carbocycles. The van der Waals surface area contributed by atoms with Gasteiger partial charge in [-0.15, -0.1) is 34.9 Å². The summed E-state index contributed by atoms with van der Waals surface area (Å²) in [6.45, 7) is 0. The molecule has 1 spiro atoms. The molecule has 2 N–H and O–H groups in total. The summed E-state index contributed by atoms with van der Waals surface area (Å²) >= 11 is 5.88. The van der Waals surface area contributed by atoms with Crippen LogP contribution in [0.25, 0.3) is 0 Å². The van der Waals surface area contributed by atoms with Crippen molar-refractivity contribution in [3.63, 3.8) is 0 Å². The Morgan fingerprint density at radius 1 is 1.00 bits per heavy atom. The Morgan fingerprint density at radius 3 is 2.41 bits per heavy atom. The van der Waals surface area contributed by atoms with E-state index in [0.29, 0.717) is 15.9 Å². The third kappa shape index (κ3) is 3.23. The number of carbonyl (C=O) groups excluding carboxylic acids is 2.